The van der Waals surface area contributed by atoms with Gasteiger partial charge in [-0.05, 0) is 17.8 Å². The van der Waals surface area contributed by atoms with E-state index in [1.807, 2.05) is 0 Å². The van der Waals surface area contributed by atoms with E-state index < -0.39 is 0 Å². The molecule has 4 heteroatoms. The Morgan fingerprint density at radius 2 is 1.94 bits per heavy atom. The van der Waals surface area contributed by atoms with E-state index in [0.717, 1.165) is 18.7 Å². The first-order valence-corrected chi connectivity index (χ1v) is 6.36. The van der Waals surface area contributed by atoms with E-state index in [2.05, 4.69) is 44.8 Å². The Labute approximate surface area is 104 Å². The van der Waals surface area contributed by atoms with E-state index in [0.29, 0.717) is 18.2 Å². The third-order valence-corrected chi connectivity index (χ3v) is 2.96. The summed E-state index contributed by atoms with van der Waals surface area (Å²) in [4.78, 5) is 4.38. The largest absolute Gasteiger partial charge is 0.339 e. The van der Waals surface area contributed by atoms with Crippen LogP contribution in [0.25, 0.3) is 0 Å². The van der Waals surface area contributed by atoms with Gasteiger partial charge in [0.15, 0.2) is 5.82 Å². The summed E-state index contributed by atoms with van der Waals surface area (Å²) in [5.74, 6) is 2.12. The van der Waals surface area contributed by atoms with Gasteiger partial charge in [-0.1, -0.05) is 39.8 Å². The summed E-state index contributed by atoms with van der Waals surface area (Å²) >= 11 is 0. The van der Waals surface area contributed by atoms with E-state index in [-0.39, 0.29) is 11.5 Å². The van der Waals surface area contributed by atoms with E-state index >= 15 is 0 Å². The Hall–Kier alpha value is -0.900. The smallest absolute Gasteiger partial charge is 0.228 e. The Bertz CT molecular complexity index is 339. The number of hydrogen-bond acceptors (Lipinski definition) is 4. The maximum Gasteiger partial charge on any atom is 0.228 e. The standard InChI is InChI=1S/C13H25N3O/c1-9(2)6-7-11-15-12(17-16-11)8-10(14)13(3,4)5/h9-10H,6-8,14H2,1-5H3. The van der Waals surface area contributed by atoms with Gasteiger partial charge < -0.3 is 10.3 Å². The third kappa shape index (κ3) is 4.86. The van der Waals surface area contributed by atoms with Crippen LogP contribution in [0.1, 0.15) is 52.8 Å². The molecular formula is C13H25N3O. The van der Waals surface area contributed by atoms with Crippen LogP contribution in [0.2, 0.25) is 0 Å². The van der Waals surface area contributed by atoms with Crippen LogP contribution in [0.5, 0.6) is 0 Å². The quantitative estimate of drug-likeness (QED) is 0.857. The molecule has 1 rings (SSSR count). The maximum absolute atomic E-state index is 6.09. The molecule has 0 saturated carbocycles. The third-order valence-electron chi connectivity index (χ3n) is 2.96. The first-order valence-electron chi connectivity index (χ1n) is 6.36. The highest BCUT2D eigenvalue weighted by molar-refractivity contribution is 4.92. The van der Waals surface area contributed by atoms with Crippen LogP contribution in [0, 0.1) is 11.3 Å². The lowest BCUT2D eigenvalue weighted by Crippen LogP contribution is -2.37. The SMILES string of the molecule is CC(C)CCc1noc(CC(N)C(C)(C)C)n1. The molecule has 0 saturated heterocycles. The van der Waals surface area contributed by atoms with Gasteiger partial charge in [0, 0.05) is 18.9 Å². The van der Waals surface area contributed by atoms with Gasteiger partial charge in [0.2, 0.25) is 5.89 Å². The fourth-order valence-electron chi connectivity index (χ4n) is 1.39. The van der Waals surface area contributed by atoms with Crippen molar-refractivity contribution in [1.82, 2.24) is 10.1 Å². The second kappa shape index (κ2) is 5.63. The molecule has 98 valence electrons. The zero-order valence-electron chi connectivity index (χ0n) is 11.7. The topological polar surface area (TPSA) is 64.9 Å². The lowest BCUT2D eigenvalue weighted by Gasteiger charge is -2.25. The molecule has 0 aromatic carbocycles. The minimum absolute atomic E-state index is 0.0425. The average Bonchev–Trinajstić information content (AvgIpc) is 2.61. The van der Waals surface area contributed by atoms with Crippen molar-refractivity contribution in [3.8, 4) is 0 Å². The van der Waals surface area contributed by atoms with Gasteiger partial charge in [-0.2, -0.15) is 4.98 Å². The molecule has 0 aliphatic rings. The van der Waals surface area contributed by atoms with Crippen molar-refractivity contribution in [2.75, 3.05) is 0 Å². The molecule has 0 aliphatic carbocycles. The van der Waals surface area contributed by atoms with Crippen molar-refractivity contribution < 1.29 is 4.52 Å². The average molecular weight is 239 g/mol. The molecule has 1 aromatic heterocycles. The van der Waals surface area contributed by atoms with Crippen molar-refractivity contribution in [1.29, 1.82) is 0 Å². The van der Waals surface area contributed by atoms with Gasteiger partial charge >= 0.3 is 0 Å². The lowest BCUT2D eigenvalue weighted by atomic mass is 9.85. The van der Waals surface area contributed by atoms with Gasteiger partial charge in [0.1, 0.15) is 0 Å². The molecule has 0 bridgehead atoms. The van der Waals surface area contributed by atoms with Crippen molar-refractivity contribution in [3.63, 3.8) is 0 Å². The van der Waals surface area contributed by atoms with Gasteiger partial charge in [-0.3, -0.25) is 0 Å². The highest BCUT2D eigenvalue weighted by Gasteiger charge is 2.23. The van der Waals surface area contributed by atoms with E-state index in [4.69, 9.17) is 10.3 Å². The Balaban J connectivity index is 2.51. The van der Waals surface area contributed by atoms with Crippen LogP contribution in [-0.2, 0) is 12.8 Å². The number of rotatable bonds is 5. The van der Waals surface area contributed by atoms with Crippen LogP contribution in [0.4, 0.5) is 0 Å². The molecule has 1 heterocycles. The molecule has 0 radical (unpaired) electrons. The van der Waals surface area contributed by atoms with Crippen LogP contribution in [0.3, 0.4) is 0 Å². The second-order valence-electron chi connectivity index (χ2n) is 6.21. The normalized spacial score (nSPS) is 14.3. The number of aryl methyl sites for hydroxylation is 1. The van der Waals surface area contributed by atoms with Gasteiger partial charge in [0.25, 0.3) is 0 Å². The molecule has 2 N–H and O–H groups in total. The van der Waals surface area contributed by atoms with Crippen LogP contribution in [-0.4, -0.2) is 16.2 Å². The number of nitrogens with two attached hydrogens (primary N) is 1. The maximum atomic E-state index is 6.09. The minimum atomic E-state index is 0.0425. The fraction of sp³-hybridized carbons (Fsp3) is 0.846. The predicted molar refractivity (Wildman–Crippen MR) is 68.6 cm³/mol. The zero-order chi connectivity index (χ0) is 13.1. The Kier molecular flexibility index (Phi) is 4.69. The summed E-state index contributed by atoms with van der Waals surface area (Å²) in [6.07, 6.45) is 2.62. The fourth-order valence-corrected chi connectivity index (χ4v) is 1.39. The number of nitrogens with zero attached hydrogens (tertiary/aromatic N) is 2. The van der Waals surface area contributed by atoms with Gasteiger partial charge in [-0.15, -0.1) is 0 Å². The zero-order valence-corrected chi connectivity index (χ0v) is 11.7. The van der Waals surface area contributed by atoms with Crippen molar-refractivity contribution in [2.24, 2.45) is 17.1 Å². The van der Waals surface area contributed by atoms with Crippen molar-refractivity contribution in [2.45, 2.75) is 59.9 Å². The number of aromatic nitrogens is 2. The minimum Gasteiger partial charge on any atom is -0.339 e. The first kappa shape index (κ1) is 14.2. The summed E-state index contributed by atoms with van der Waals surface area (Å²) in [5, 5.41) is 3.98. The highest BCUT2D eigenvalue weighted by Crippen LogP contribution is 2.20. The van der Waals surface area contributed by atoms with E-state index in [1.54, 1.807) is 0 Å². The van der Waals surface area contributed by atoms with Gasteiger partial charge in [0.05, 0.1) is 0 Å². The molecule has 0 amide bonds. The van der Waals surface area contributed by atoms with Crippen LogP contribution >= 0.6 is 0 Å². The van der Waals surface area contributed by atoms with E-state index in [1.165, 1.54) is 0 Å². The molecular weight excluding hydrogens is 214 g/mol. The number of hydrogen-bond donors (Lipinski definition) is 1. The summed E-state index contributed by atoms with van der Waals surface area (Å²) in [7, 11) is 0. The monoisotopic (exact) mass is 239 g/mol. The summed E-state index contributed by atoms with van der Waals surface area (Å²) in [5.41, 5.74) is 6.15. The Morgan fingerprint density at radius 1 is 1.29 bits per heavy atom. The summed E-state index contributed by atoms with van der Waals surface area (Å²) < 4.78 is 5.22. The van der Waals surface area contributed by atoms with Crippen LogP contribution < -0.4 is 5.73 Å². The van der Waals surface area contributed by atoms with E-state index in [9.17, 15) is 0 Å². The molecule has 1 aromatic rings. The van der Waals surface area contributed by atoms with Crippen molar-refractivity contribution in [3.05, 3.63) is 11.7 Å². The van der Waals surface area contributed by atoms with Gasteiger partial charge in [-0.25, -0.2) is 0 Å². The summed E-state index contributed by atoms with van der Waals surface area (Å²) in [6.45, 7) is 10.7. The van der Waals surface area contributed by atoms with Crippen molar-refractivity contribution >= 4 is 0 Å². The molecule has 1 atom stereocenters. The molecule has 1 unspecified atom stereocenters. The Morgan fingerprint density at radius 3 is 2.47 bits per heavy atom. The first-order chi connectivity index (χ1) is 7.79. The lowest BCUT2D eigenvalue weighted by molar-refractivity contribution is 0.285. The van der Waals surface area contributed by atoms with Crippen LogP contribution in [0.15, 0.2) is 4.52 Å². The molecule has 4 nitrogen and oxygen atoms in total. The molecule has 0 spiro atoms. The summed E-state index contributed by atoms with van der Waals surface area (Å²) in [6, 6.07) is 0.0425. The highest BCUT2D eigenvalue weighted by atomic mass is 16.5. The molecule has 0 aliphatic heterocycles. The molecule has 0 fully saturated rings. The second-order valence-corrected chi connectivity index (χ2v) is 6.21. The molecule has 17 heavy (non-hydrogen) atoms. The predicted octanol–water partition coefficient (Wildman–Crippen LogP) is 2.57.